The van der Waals surface area contributed by atoms with E-state index < -0.39 is 5.82 Å². The van der Waals surface area contributed by atoms with E-state index in [9.17, 15) is 4.39 Å². The summed E-state index contributed by atoms with van der Waals surface area (Å²) in [6.07, 6.45) is 7.37. The van der Waals surface area contributed by atoms with E-state index in [1.807, 2.05) is 10.9 Å². The predicted molar refractivity (Wildman–Crippen MR) is 73.8 cm³/mol. The van der Waals surface area contributed by atoms with E-state index in [0.29, 0.717) is 11.5 Å². The molecule has 1 heterocycles. The van der Waals surface area contributed by atoms with Gasteiger partial charge in [-0.05, 0) is 30.9 Å². The highest BCUT2D eigenvalue weighted by atomic mass is 19.1. The normalized spacial score (nSPS) is 15.4. The summed E-state index contributed by atoms with van der Waals surface area (Å²) in [6, 6.07) is 3.27. The second-order valence-corrected chi connectivity index (χ2v) is 5.18. The molecule has 1 aliphatic carbocycles. The Morgan fingerprint density at radius 3 is 2.79 bits per heavy atom. The Balaban J connectivity index is 1.87. The van der Waals surface area contributed by atoms with Gasteiger partial charge in [-0.1, -0.05) is 6.42 Å². The highest BCUT2D eigenvalue weighted by Crippen LogP contribution is 2.31. The van der Waals surface area contributed by atoms with Crippen molar-refractivity contribution in [3.8, 4) is 11.1 Å². The van der Waals surface area contributed by atoms with Crippen LogP contribution in [0.4, 0.5) is 15.8 Å². The van der Waals surface area contributed by atoms with E-state index in [2.05, 4.69) is 5.10 Å². The van der Waals surface area contributed by atoms with Gasteiger partial charge in [0.15, 0.2) is 5.82 Å². The van der Waals surface area contributed by atoms with E-state index in [1.54, 1.807) is 18.3 Å². The Bertz CT molecular complexity index is 601. The molecule has 5 heteroatoms. The third-order valence-corrected chi connectivity index (χ3v) is 3.83. The van der Waals surface area contributed by atoms with Crippen molar-refractivity contribution in [1.29, 1.82) is 0 Å². The highest BCUT2D eigenvalue weighted by Gasteiger charge is 2.19. The standard InChI is InChI=1S/C14H17FN4/c15-13-11(4-5-12(16)14(13)17)10-6-18-19(8-10)7-9-2-1-3-9/h4-6,8-9H,1-3,7,16-17H2. The highest BCUT2D eigenvalue weighted by molar-refractivity contribution is 5.75. The van der Waals surface area contributed by atoms with Crippen LogP contribution in [0.5, 0.6) is 0 Å². The molecule has 2 aromatic rings. The number of halogens is 1. The second kappa shape index (κ2) is 4.57. The van der Waals surface area contributed by atoms with E-state index >= 15 is 0 Å². The zero-order valence-electron chi connectivity index (χ0n) is 10.6. The zero-order valence-corrected chi connectivity index (χ0v) is 10.6. The molecule has 4 N–H and O–H groups in total. The summed E-state index contributed by atoms with van der Waals surface area (Å²) in [5.74, 6) is 0.247. The lowest BCUT2D eigenvalue weighted by molar-refractivity contribution is 0.266. The van der Waals surface area contributed by atoms with Gasteiger partial charge in [0.1, 0.15) is 0 Å². The lowest BCUT2D eigenvalue weighted by Crippen LogP contribution is -2.18. The van der Waals surface area contributed by atoms with Crippen LogP contribution in [0.1, 0.15) is 19.3 Å². The Hall–Kier alpha value is -2.04. The van der Waals surface area contributed by atoms with Gasteiger partial charge in [0, 0.05) is 23.9 Å². The molecular formula is C14H17FN4. The third-order valence-electron chi connectivity index (χ3n) is 3.83. The number of rotatable bonds is 3. The molecule has 0 amide bonds. The maximum atomic E-state index is 14.1. The summed E-state index contributed by atoms with van der Waals surface area (Å²) >= 11 is 0. The van der Waals surface area contributed by atoms with Crippen LogP contribution in [-0.2, 0) is 6.54 Å². The molecule has 0 unspecified atom stereocenters. The fourth-order valence-corrected chi connectivity index (χ4v) is 2.37. The van der Waals surface area contributed by atoms with Gasteiger partial charge < -0.3 is 11.5 Å². The monoisotopic (exact) mass is 260 g/mol. The molecule has 0 saturated heterocycles. The van der Waals surface area contributed by atoms with Gasteiger partial charge in [0.25, 0.3) is 0 Å². The van der Waals surface area contributed by atoms with E-state index in [4.69, 9.17) is 11.5 Å². The van der Waals surface area contributed by atoms with Crippen molar-refractivity contribution in [3.05, 3.63) is 30.3 Å². The average molecular weight is 260 g/mol. The molecule has 1 aromatic carbocycles. The maximum Gasteiger partial charge on any atom is 0.156 e. The first-order chi connectivity index (χ1) is 9.15. The SMILES string of the molecule is Nc1ccc(-c2cnn(CC3CCC3)c2)c(F)c1N. The van der Waals surface area contributed by atoms with Crippen LogP contribution >= 0.6 is 0 Å². The molecule has 19 heavy (non-hydrogen) atoms. The van der Waals surface area contributed by atoms with Crippen molar-refractivity contribution < 1.29 is 4.39 Å². The minimum atomic E-state index is -0.469. The molecule has 3 rings (SSSR count). The molecule has 0 atom stereocenters. The molecule has 1 saturated carbocycles. The molecule has 4 nitrogen and oxygen atoms in total. The molecule has 1 aromatic heterocycles. The van der Waals surface area contributed by atoms with Crippen LogP contribution in [0, 0.1) is 11.7 Å². The minimum absolute atomic E-state index is 0.00393. The number of nitrogen functional groups attached to an aromatic ring is 2. The van der Waals surface area contributed by atoms with Crippen LogP contribution in [0.15, 0.2) is 24.5 Å². The van der Waals surface area contributed by atoms with Crippen molar-refractivity contribution in [2.24, 2.45) is 5.92 Å². The maximum absolute atomic E-state index is 14.1. The quantitative estimate of drug-likeness (QED) is 0.833. The van der Waals surface area contributed by atoms with E-state index in [-0.39, 0.29) is 11.4 Å². The number of anilines is 2. The van der Waals surface area contributed by atoms with Crippen molar-refractivity contribution in [2.45, 2.75) is 25.8 Å². The Kier molecular flexibility index (Phi) is 2.89. The summed E-state index contributed by atoms with van der Waals surface area (Å²) in [5, 5.41) is 4.29. The molecule has 0 spiro atoms. The summed E-state index contributed by atoms with van der Waals surface area (Å²) in [4.78, 5) is 0. The topological polar surface area (TPSA) is 69.9 Å². The minimum Gasteiger partial charge on any atom is -0.397 e. The Morgan fingerprint density at radius 2 is 2.11 bits per heavy atom. The number of nitrogens with two attached hydrogens (primary N) is 2. The Labute approximate surface area is 111 Å². The average Bonchev–Trinajstić information content (AvgIpc) is 2.80. The number of nitrogens with zero attached hydrogens (tertiary/aromatic N) is 2. The Morgan fingerprint density at radius 1 is 1.32 bits per heavy atom. The fourth-order valence-electron chi connectivity index (χ4n) is 2.37. The number of aromatic nitrogens is 2. The number of hydrogen-bond acceptors (Lipinski definition) is 3. The first-order valence-electron chi connectivity index (χ1n) is 6.51. The fraction of sp³-hybridized carbons (Fsp3) is 0.357. The molecular weight excluding hydrogens is 243 g/mol. The van der Waals surface area contributed by atoms with Crippen molar-refractivity contribution in [2.75, 3.05) is 11.5 Å². The van der Waals surface area contributed by atoms with Crippen LogP contribution in [0.2, 0.25) is 0 Å². The molecule has 100 valence electrons. The van der Waals surface area contributed by atoms with Crippen LogP contribution < -0.4 is 11.5 Å². The van der Waals surface area contributed by atoms with Crippen LogP contribution in [-0.4, -0.2) is 9.78 Å². The predicted octanol–water partition coefficient (Wildman–Crippen LogP) is 2.65. The summed E-state index contributed by atoms with van der Waals surface area (Å²) in [7, 11) is 0. The zero-order chi connectivity index (χ0) is 13.4. The number of hydrogen-bond donors (Lipinski definition) is 2. The molecule has 1 fully saturated rings. The van der Waals surface area contributed by atoms with Gasteiger partial charge in [-0.15, -0.1) is 0 Å². The molecule has 0 radical (unpaired) electrons. The summed E-state index contributed by atoms with van der Waals surface area (Å²) in [6.45, 7) is 0.909. The molecule has 0 bridgehead atoms. The van der Waals surface area contributed by atoms with Gasteiger partial charge in [-0.25, -0.2) is 4.39 Å². The molecule has 0 aliphatic heterocycles. The lowest BCUT2D eigenvalue weighted by Gasteiger charge is -2.24. The van der Waals surface area contributed by atoms with Gasteiger partial charge in [-0.2, -0.15) is 5.10 Å². The van der Waals surface area contributed by atoms with Crippen LogP contribution in [0.3, 0.4) is 0 Å². The van der Waals surface area contributed by atoms with Crippen molar-refractivity contribution >= 4 is 11.4 Å². The van der Waals surface area contributed by atoms with Gasteiger partial charge >= 0.3 is 0 Å². The summed E-state index contributed by atoms with van der Waals surface area (Å²) in [5.41, 5.74) is 12.7. The van der Waals surface area contributed by atoms with E-state index in [1.165, 1.54) is 19.3 Å². The van der Waals surface area contributed by atoms with Crippen LogP contribution in [0.25, 0.3) is 11.1 Å². The first-order valence-corrected chi connectivity index (χ1v) is 6.51. The lowest BCUT2D eigenvalue weighted by atomic mass is 9.85. The number of benzene rings is 1. The van der Waals surface area contributed by atoms with Crippen molar-refractivity contribution in [3.63, 3.8) is 0 Å². The second-order valence-electron chi connectivity index (χ2n) is 5.18. The largest absolute Gasteiger partial charge is 0.397 e. The van der Waals surface area contributed by atoms with Crippen molar-refractivity contribution in [1.82, 2.24) is 9.78 Å². The first kappa shape index (κ1) is 12.0. The van der Waals surface area contributed by atoms with Gasteiger partial charge in [0.2, 0.25) is 0 Å². The smallest absolute Gasteiger partial charge is 0.156 e. The van der Waals surface area contributed by atoms with Gasteiger partial charge in [0.05, 0.1) is 17.6 Å². The van der Waals surface area contributed by atoms with E-state index in [0.717, 1.165) is 12.1 Å². The molecule has 1 aliphatic rings. The van der Waals surface area contributed by atoms with Gasteiger partial charge in [-0.3, -0.25) is 4.68 Å². The summed E-state index contributed by atoms with van der Waals surface area (Å²) < 4.78 is 15.9. The third kappa shape index (κ3) is 2.16.